The van der Waals surface area contributed by atoms with E-state index >= 15 is 0 Å². The number of hydrogen-bond acceptors (Lipinski definition) is 3. The summed E-state index contributed by atoms with van der Waals surface area (Å²) in [6.07, 6.45) is 3.16. The summed E-state index contributed by atoms with van der Waals surface area (Å²) in [6.45, 7) is 1.94. The van der Waals surface area contributed by atoms with Crippen molar-refractivity contribution in [2.24, 2.45) is 0 Å². The van der Waals surface area contributed by atoms with Crippen LogP contribution in [0.25, 0.3) is 17.0 Å². The monoisotopic (exact) mass is 350 g/mol. The molecule has 4 nitrogen and oxygen atoms in total. The van der Waals surface area contributed by atoms with Crippen LogP contribution in [-0.4, -0.2) is 17.9 Å². The Balaban J connectivity index is 2.07. The topological polar surface area (TPSA) is 65.9 Å². The number of aromatic amines is 1. The van der Waals surface area contributed by atoms with Crippen LogP contribution in [0, 0.1) is 18.3 Å². The zero-order valence-electron chi connectivity index (χ0n) is 13.8. The van der Waals surface area contributed by atoms with Crippen LogP contribution in [0.3, 0.4) is 0 Å². The molecule has 2 aromatic carbocycles. The highest BCUT2D eigenvalue weighted by molar-refractivity contribution is 6.31. The lowest BCUT2D eigenvalue weighted by molar-refractivity contribution is 0.104. The first-order valence-electron chi connectivity index (χ1n) is 7.61. The Morgan fingerprint density at radius 2 is 2.08 bits per heavy atom. The number of allylic oxidation sites excluding steroid dienone is 1. The second kappa shape index (κ2) is 6.84. The predicted octanol–water partition coefficient (Wildman–Crippen LogP) is 4.93. The van der Waals surface area contributed by atoms with E-state index in [9.17, 15) is 10.1 Å². The molecule has 0 saturated carbocycles. The van der Waals surface area contributed by atoms with Crippen molar-refractivity contribution in [1.29, 1.82) is 5.26 Å². The van der Waals surface area contributed by atoms with Gasteiger partial charge in [-0.3, -0.25) is 4.79 Å². The zero-order valence-corrected chi connectivity index (χ0v) is 14.5. The molecule has 0 saturated heterocycles. The number of nitriles is 1. The largest absolute Gasteiger partial charge is 0.496 e. The fourth-order valence-corrected chi connectivity index (χ4v) is 2.87. The van der Waals surface area contributed by atoms with E-state index in [0.717, 1.165) is 16.5 Å². The molecule has 0 atom stereocenters. The number of nitrogens with one attached hydrogen (secondary N) is 1. The molecule has 124 valence electrons. The number of ether oxygens (including phenoxy) is 1. The Hall–Kier alpha value is -3.03. The molecule has 5 heteroatoms. The van der Waals surface area contributed by atoms with Gasteiger partial charge in [0.05, 0.1) is 7.11 Å². The number of halogens is 1. The van der Waals surface area contributed by atoms with Gasteiger partial charge in [0.1, 0.15) is 17.4 Å². The number of Topliss-reactive ketones (excluding diaryl/α,β-unsaturated/α-hetero) is 1. The van der Waals surface area contributed by atoms with Gasteiger partial charge in [0.15, 0.2) is 0 Å². The smallest absolute Gasteiger partial charge is 0.205 e. The van der Waals surface area contributed by atoms with Crippen LogP contribution in [0.2, 0.25) is 5.02 Å². The summed E-state index contributed by atoms with van der Waals surface area (Å²) in [7, 11) is 1.55. The normalized spacial score (nSPS) is 11.4. The number of aryl methyl sites for hydroxylation is 1. The summed E-state index contributed by atoms with van der Waals surface area (Å²) < 4.78 is 5.31. The maximum absolute atomic E-state index is 12.8. The van der Waals surface area contributed by atoms with Crippen molar-refractivity contribution in [1.82, 2.24) is 4.98 Å². The first-order chi connectivity index (χ1) is 12.0. The molecule has 1 N–H and O–H groups in total. The van der Waals surface area contributed by atoms with Gasteiger partial charge in [-0.25, -0.2) is 0 Å². The average Bonchev–Trinajstić information content (AvgIpc) is 3.02. The summed E-state index contributed by atoms with van der Waals surface area (Å²) >= 11 is 5.97. The third kappa shape index (κ3) is 3.28. The minimum absolute atomic E-state index is 0.0414. The van der Waals surface area contributed by atoms with Crippen molar-refractivity contribution in [3.63, 3.8) is 0 Å². The summed E-state index contributed by atoms with van der Waals surface area (Å²) in [5, 5.41) is 10.8. The van der Waals surface area contributed by atoms with Gasteiger partial charge in [-0.2, -0.15) is 5.26 Å². The minimum Gasteiger partial charge on any atom is -0.496 e. The van der Waals surface area contributed by atoms with Crippen LogP contribution >= 0.6 is 11.6 Å². The third-order valence-electron chi connectivity index (χ3n) is 3.94. The molecule has 0 unspecified atom stereocenters. The summed E-state index contributed by atoms with van der Waals surface area (Å²) in [5.74, 6) is 0.261. The SMILES string of the molecule is COc1ccc(C)cc1/C=C(\C#N)C(=O)c1c[nH]c2cc(Cl)ccc12. The number of carbonyl (C=O) groups is 1. The molecule has 3 aromatic rings. The first kappa shape index (κ1) is 16.8. The van der Waals surface area contributed by atoms with Crippen LogP contribution in [0.4, 0.5) is 0 Å². The number of rotatable bonds is 4. The van der Waals surface area contributed by atoms with Crippen molar-refractivity contribution in [3.05, 3.63) is 69.9 Å². The van der Waals surface area contributed by atoms with Gasteiger partial charge in [-0.15, -0.1) is 0 Å². The maximum atomic E-state index is 12.8. The first-order valence-corrected chi connectivity index (χ1v) is 7.99. The Morgan fingerprint density at radius 3 is 2.80 bits per heavy atom. The van der Waals surface area contributed by atoms with Gasteiger partial charge in [-0.05, 0) is 37.3 Å². The second-order valence-electron chi connectivity index (χ2n) is 5.64. The van der Waals surface area contributed by atoms with Crippen molar-refractivity contribution < 1.29 is 9.53 Å². The fraction of sp³-hybridized carbons (Fsp3) is 0.100. The molecule has 0 radical (unpaired) electrons. The highest BCUT2D eigenvalue weighted by atomic mass is 35.5. The van der Waals surface area contributed by atoms with E-state index in [4.69, 9.17) is 16.3 Å². The van der Waals surface area contributed by atoms with Crippen molar-refractivity contribution in [2.75, 3.05) is 7.11 Å². The van der Waals surface area contributed by atoms with Crippen molar-refractivity contribution in [3.8, 4) is 11.8 Å². The standard InChI is InChI=1S/C20H15ClN2O2/c1-12-3-6-19(25-2)13(7-12)8-14(10-22)20(24)17-11-23-18-9-15(21)4-5-16(17)18/h3-9,11,23H,1-2H3/b14-8+. The third-order valence-corrected chi connectivity index (χ3v) is 4.17. The number of hydrogen-bond donors (Lipinski definition) is 1. The Labute approximate surface area is 150 Å². The van der Waals surface area contributed by atoms with Gasteiger partial charge >= 0.3 is 0 Å². The number of ketones is 1. The zero-order chi connectivity index (χ0) is 18.0. The molecule has 0 fully saturated rings. The summed E-state index contributed by atoms with van der Waals surface area (Å²) in [5.41, 5.74) is 2.93. The van der Waals surface area contributed by atoms with E-state index in [1.165, 1.54) is 0 Å². The molecule has 0 aliphatic rings. The van der Waals surface area contributed by atoms with E-state index < -0.39 is 0 Å². The molecule has 3 rings (SSSR count). The van der Waals surface area contributed by atoms with E-state index in [2.05, 4.69) is 4.98 Å². The van der Waals surface area contributed by atoms with Crippen LogP contribution < -0.4 is 4.74 Å². The molecular weight excluding hydrogens is 336 g/mol. The highest BCUT2D eigenvalue weighted by Gasteiger charge is 2.17. The predicted molar refractivity (Wildman–Crippen MR) is 99.0 cm³/mol. The van der Waals surface area contributed by atoms with E-state index in [0.29, 0.717) is 21.9 Å². The van der Waals surface area contributed by atoms with Crippen LogP contribution in [0.5, 0.6) is 5.75 Å². The van der Waals surface area contributed by atoms with Gasteiger partial charge in [0.25, 0.3) is 0 Å². The lowest BCUT2D eigenvalue weighted by Crippen LogP contribution is -2.01. The number of carbonyl (C=O) groups excluding carboxylic acids is 1. The summed E-state index contributed by atoms with van der Waals surface area (Å²) in [4.78, 5) is 15.9. The van der Waals surface area contributed by atoms with Crippen molar-refractivity contribution in [2.45, 2.75) is 6.92 Å². The molecule has 0 amide bonds. The number of aromatic nitrogens is 1. The maximum Gasteiger partial charge on any atom is 0.205 e. The molecular formula is C20H15ClN2O2. The fourth-order valence-electron chi connectivity index (χ4n) is 2.70. The van der Waals surface area contributed by atoms with Crippen LogP contribution in [0.15, 0.2) is 48.2 Å². The second-order valence-corrected chi connectivity index (χ2v) is 6.07. The molecule has 25 heavy (non-hydrogen) atoms. The van der Waals surface area contributed by atoms with Gasteiger partial charge in [0.2, 0.25) is 5.78 Å². The van der Waals surface area contributed by atoms with E-state index in [-0.39, 0.29) is 11.4 Å². The lowest BCUT2D eigenvalue weighted by Gasteiger charge is -2.06. The van der Waals surface area contributed by atoms with Gasteiger partial charge in [-0.1, -0.05) is 29.3 Å². The molecule has 0 spiro atoms. The number of benzene rings is 2. The molecule has 1 heterocycles. The summed E-state index contributed by atoms with van der Waals surface area (Å²) in [6, 6.07) is 12.8. The molecule has 0 aliphatic carbocycles. The highest BCUT2D eigenvalue weighted by Crippen LogP contribution is 2.26. The van der Waals surface area contributed by atoms with Crippen LogP contribution in [0.1, 0.15) is 21.5 Å². The number of methoxy groups -OCH3 is 1. The minimum atomic E-state index is -0.348. The van der Waals surface area contributed by atoms with E-state index in [1.54, 1.807) is 37.6 Å². The molecule has 1 aromatic heterocycles. The van der Waals surface area contributed by atoms with E-state index in [1.807, 2.05) is 31.2 Å². The number of fused-ring (bicyclic) bond motifs is 1. The number of H-pyrrole nitrogens is 1. The Kier molecular flexibility index (Phi) is 4.60. The van der Waals surface area contributed by atoms with Crippen LogP contribution in [-0.2, 0) is 0 Å². The molecule has 0 bridgehead atoms. The van der Waals surface area contributed by atoms with Gasteiger partial charge in [0, 0.05) is 33.2 Å². The quantitative estimate of drug-likeness (QED) is 0.412. The average molecular weight is 351 g/mol. The van der Waals surface area contributed by atoms with Crippen molar-refractivity contribution >= 4 is 34.4 Å². The molecule has 0 aliphatic heterocycles. The Morgan fingerprint density at radius 1 is 1.28 bits per heavy atom. The Bertz CT molecular complexity index is 1040. The lowest BCUT2D eigenvalue weighted by atomic mass is 10.0. The van der Waals surface area contributed by atoms with Gasteiger partial charge < -0.3 is 9.72 Å². The number of nitrogens with zero attached hydrogens (tertiary/aromatic N) is 1.